The zero-order valence-electron chi connectivity index (χ0n) is 44.2. The third-order valence-electron chi connectivity index (χ3n) is 16.1. The molecular formula is C71H54N6. The van der Waals surface area contributed by atoms with E-state index < -0.39 is 0 Å². The van der Waals surface area contributed by atoms with E-state index in [4.69, 9.17) is 9.97 Å². The molecule has 0 N–H and O–H groups in total. The number of rotatable bonds is 6. The first-order valence-electron chi connectivity index (χ1n) is 26.7. The molecule has 0 radical (unpaired) electrons. The largest absolute Gasteiger partial charge is 0.308 e. The molecule has 0 unspecified atom stereocenters. The average molecular weight is 991 g/mol. The molecule has 0 atom stereocenters. The zero-order chi connectivity index (χ0) is 52.0. The summed E-state index contributed by atoms with van der Waals surface area (Å²) in [5.41, 5.74) is 24.7. The van der Waals surface area contributed by atoms with Crippen molar-refractivity contribution in [2.24, 2.45) is 0 Å². The second kappa shape index (κ2) is 16.7. The minimum absolute atomic E-state index is 0.872. The van der Waals surface area contributed by atoms with E-state index in [1.165, 1.54) is 65.3 Å². The van der Waals surface area contributed by atoms with Crippen LogP contribution >= 0.6 is 0 Å². The number of para-hydroxylation sites is 4. The summed E-state index contributed by atoms with van der Waals surface area (Å²) in [4.78, 5) is 10.8. The SMILES string of the molecule is Cc1ccc2c(c1)c1ccccc1n2-c1c(-c2cc(C)nc(C)c2)c(-n2c3ccccc3c3cc(C)ccc32)c(-n2c3ccccc3c3cc(C)ccc32)c(-n2c3ccccc3c3cc(C)ccc32)c1-c1cccc(C)n1. The first kappa shape index (κ1) is 44.9. The van der Waals surface area contributed by atoms with Crippen LogP contribution in [0.2, 0.25) is 0 Å². The minimum Gasteiger partial charge on any atom is -0.308 e. The summed E-state index contributed by atoms with van der Waals surface area (Å²) in [6.07, 6.45) is 0. The number of aromatic nitrogens is 6. The predicted molar refractivity (Wildman–Crippen MR) is 323 cm³/mol. The minimum atomic E-state index is 0.872. The van der Waals surface area contributed by atoms with Crippen LogP contribution in [0.25, 0.3) is 132 Å². The summed E-state index contributed by atoms with van der Waals surface area (Å²) < 4.78 is 10.4. The van der Waals surface area contributed by atoms with Gasteiger partial charge in [0.2, 0.25) is 0 Å². The van der Waals surface area contributed by atoms with Crippen molar-refractivity contribution in [3.8, 4) is 45.1 Å². The molecule has 0 saturated heterocycles. The molecule has 15 aromatic rings. The van der Waals surface area contributed by atoms with Crippen LogP contribution < -0.4 is 0 Å². The van der Waals surface area contributed by atoms with E-state index in [0.29, 0.717) is 0 Å². The number of aryl methyl sites for hydroxylation is 7. The van der Waals surface area contributed by atoms with Crippen LogP contribution in [0, 0.1) is 48.5 Å². The Labute approximate surface area is 446 Å². The van der Waals surface area contributed by atoms with Crippen molar-refractivity contribution in [2.75, 3.05) is 0 Å². The number of nitrogens with zero attached hydrogens (tertiary/aromatic N) is 6. The maximum atomic E-state index is 5.71. The van der Waals surface area contributed by atoms with Gasteiger partial charge in [-0.3, -0.25) is 9.97 Å². The third-order valence-corrected chi connectivity index (χ3v) is 16.1. The molecule has 0 aliphatic rings. The second-order valence-electron chi connectivity index (χ2n) is 21.4. The summed E-state index contributed by atoms with van der Waals surface area (Å²) >= 11 is 0. The molecule has 0 bridgehead atoms. The van der Waals surface area contributed by atoms with Crippen LogP contribution in [0.5, 0.6) is 0 Å². The summed E-state index contributed by atoms with van der Waals surface area (Å²) in [5.74, 6) is 0. The molecule has 6 heterocycles. The molecule has 0 aliphatic carbocycles. The molecule has 9 aromatic carbocycles. The van der Waals surface area contributed by atoms with E-state index in [2.05, 4.69) is 267 Å². The molecule has 77 heavy (non-hydrogen) atoms. The quantitative estimate of drug-likeness (QED) is 0.167. The molecule has 6 aromatic heterocycles. The average Bonchev–Trinajstić information content (AvgIpc) is 4.29. The van der Waals surface area contributed by atoms with Crippen molar-refractivity contribution in [1.29, 1.82) is 0 Å². The maximum absolute atomic E-state index is 5.71. The van der Waals surface area contributed by atoms with Crippen molar-refractivity contribution >= 4 is 87.2 Å². The summed E-state index contributed by atoms with van der Waals surface area (Å²) in [7, 11) is 0. The Kier molecular flexibility index (Phi) is 9.77. The smallest absolute Gasteiger partial charge is 0.0962 e. The number of pyridine rings is 2. The molecular weight excluding hydrogens is 937 g/mol. The Bertz CT molecular complexity index is 4990. The van der Waals surface area contributed by atoms with Crippen molar-refractivity contribution in [2.45, 2.75) is 48.5 Å². The highest BCUT2D eigenvalue weighted by Gasteiger charge is 2.36. The van der Waals surface area contributed by atoms with Crippen molar-refractivity contribution < 1.29 is 0 Å². The van der Waals surface area contributed by atoms with Crippen molar-refractivity contribution in [1.82, 2.24) is 28.2 Å². The predicted octanol–water partition coefficient (Wildman–Crippen LogP) is 18.4. The Hall–Kier alpha value is -9.52. The van der Waals surface area contributed by atoms with Crippen LogP contribution in [0.3, 0.4) is 0 Å². The normalized spacial score (nSPS) is 12.1. The lowest BCUT2D eigenvalue weighted by Crippen LogP contribution is -2.16. The van der Waals surface area contributed by atoms with Crippen LogP contribution in [0.1, 0.15) is 39.3 Å². The van der Waals surface area contributed by atoms with Crippen LogP contribution in [0.15, 0.2) is 200 Å². The fraction of sp³-hybridized carbons (Fsp3) is 0.0986. The topological polar surface area (TPSA) is 45.5 Å². The van der Waals surface area contributed by atoms with E-state index in [-0.39, 0.29) is 0 Å². The molecule has 0 spiro atoms. The number of benzene rings is 9. The summed E-state index contributed by atoms with van der Waals surface area (Å²) in [6.45, 7) is 15.2. The molecule has 15 rings (SSSR count). The Morgan fingerprint density at radius 3 is 0.974 bits per heavy atom. The van der Waals surface area contributed by atoms with Gasteiger partial charge in [-0.05, 0) is 151 Å². The van der Waals surface area contributed by atoms with Gasteiger partial charge >= 0.3 is 0 Å². The molecule has 0 fully saturated rings. The fourth-order valence-electron chi connectivity index (χ4n) is 13.1. The van der Waals surface area contributed by atoms with Crippen LogP contribution in [-0.4, -0.2) is 28.2 Å². The molecule has 6 heteroatoms. The van der Waals surface area contributed by atoms with Gasteiger partial charge in [-0.15, -0.1) is 0 Å². The van der Waals surface area contributed by atoms with Gasteiger partial charge in [0.05, 0.1) is 78.1 Å². The van der Waals surface area contributed by atoms with Crippen LogP contribution in [-0.2, 0) is 0 Å². The molecule has 0 aliphatic heterocycles. The van der Waals surface area contributed by atoms with Gasteiger partial charge in [-0.2, -0.15) is 0 Å². The summed E-state index contributed by atoms with van der Waals surface area (Å²) in [6, 6.07) is 75.0. The molecule has 0 amide bonds. The van der Waals surface area contributed by atoms with Crippen molar-refractivity contribution in [3.63, 3.8) is 0 Å². The maximum Gasteiger partial charge on any atom is 0.0962 e. The number of hydrogen-bond acceptors (Lipinski definition) is 2. The fourth-order valence-corrected chi connectivity index (χ4v) is 13.1. The lowest BCUT2D eigenvalue weighted by atomic mass is 9.90. The summed E-state index contributed by atoms with van der Waals surface area (Å²) in [5, 5.41) is 9.54. The Morgan fingerprint density at radius 1 is 0.247 bits per heavy atom. The van der Waals surface area contributed by atoms with Gasteiger partial charge in [-0.1, -0.05) is 125 Å². The van der Waals surface area contributed by atoms with Gasteiger partial charge in [0, 0.05) is 65.7 Å². The van der Waals surface area contributed by atoms with Gasteiger partial charge in [0.15, 0.2) is 0 Å². The monoisotopic (exact) mass is 990 g/mol. The van der Waals surface area contributed by atoms with E-state index in [1.807, 2.05) is 0 Å². The van der Waals surface area contributed by atoms with Crippen LogP contribution in [0.4, 0.5) is 0 Å². The van der Waals surface area contributed by atoms with Gasteiger partial charge in [-0.25, -0.2) is 0 Å². The first-order chi connectivity index (χ1) is 37.6. The van der Waals surface area contributed by atoms with E-state index in [0.717, 1.165) is 106 Å². The third kappa shape index (κ3) is 6.61. The molecule has 368 valence electrons. The lowest BCUT2D eigenvalue weighted by Gasteiger charge is -2.31. The first-order valence-corrected chi connectivity index (χ1v) is 26.7. The van der Waals surface area contributed by atoms with Gasteiger partial charge < -0.3 is 18.3 Å². The van der Waals surface area contributed by atoms with E-state index in [9.17, 15) is 0 Å². The number of fused-ring (bicyclic) bond motifs is 12. The highest BCUT2D eigenvalue weighted by atomic mass is 15.1. The van der Waals surface area contributed by atoms with E-state index >= 15 is 0 Å². The standard InChI is InChI=1S/C71H54N6/c1-41-27-31-62-53(35-41)49-18-8-12-23-58(49)74(62)68-66(48-39-46(6)72-47(7)40-48)69(75-59-24-13-9-19-50(59)54-36-42(2)28-32-63(54)75)71(77-61-26-15-11-21-52(61)56-38-44(4)30-34-65(56)77)70(67(68)57-22-16-17-45(5)73-57)76-60-25-14-10-20-51(60)55-37-43(3)29-33-64(55)76/h8-40H,1-7H3. The van der Waals surface area contributed by atoms with Crippen molar-refractivity contribution in [3.05, 3.63) is 240 Å². The highest BCUT2D eigenvalue weighted by molar-refractivity contribution is 6.18. The molecule has 6 nitrogen and oxygen atoms in total. The number of hydrogen-bond donors (Lipinski definition) is 0. The molecule has 0 saturated carbocycles. The second-order valence-corrected chi connectivity index (χ2v) is 21.4. The van der Waals surface area contributed by atoms with E-state index in [1.54, 1.807) is 0 Å². The Balaban J connectivity index is 1.37. The van der Waals surface area contributed by atoms with Gasteiger partial charge in [0.25, 0.3) is 0 Å². The highest BCUT2D eigenvalue weighted by Crippen LogP contribution is 2.54. The van der Waals surface area contributed by atoms with Gasteiger partial charge in [0.1, 0.15) is 0 Å². The Morgan fingerprint density at radius 2 is 0.584 bits per heavy atom. The zero-order valence-corrected chi connectivity index (χ0v) is 44.2. The lowest BCUT2D eigenvalue weighted by molar-refractivity contribution is 1.03.